The van der Waals surface area contributed by atoms with Gasteiger partial charge in [-0.2, -0.15) is 0 Å². The number of rotatable bonds is 2. The summed E-state index contributed by atoms with van der Waals surface area (Å²) in [6.07, 6.45) is 0. The van der Waals surface area contributed by atoms with Crippen LogP contribution in [-0.4, -0.2) is 47.4 Å². The number of nitrogens with zero attached hydrogens (tertiary/aromatic N) is 2. The van der Waals surface area contributed by atoms with Crippen LogP contribution in [0.5, 0.6) is 0 Å². The predicted octanol–water partition coefficient (Wildman–Crippen LogP) is 3.30. The monoisotopic (exact) mass is 319 g/mol. The number of hydrogen-bond acceptors (Lipinski definition) is 2. The normalized spacial score (nSPS) is 18.9. The highest BCUT2D eigenvalue weighted by Crippen LogP contribution is 2.27. The molecule has 2 heterocycles. The van der Waals surface area contributed by atoms with E-state index in [1.165, 1.54) is 5.56 Å². The van der Waals surface area contributed by atoms with Crippen molar-refractivity contribution in [3.05, 3.63) is 71.9 Å². The first kappa shape index (κ1) is 15.0. The van der Waals surface area contributed by atoms with Gasteiger partial charge in [0.15, 0.2) is 0 Å². The Labute approximate surface area is 141 Å². The van der Waals surface area contributed by atoms with Crippen molar-refractivity contribution in [2.75, 3.05) is 26.7 Å². The standard InChI is InChI=1S/C20H21N3O/c1-22-11-12-23(19(14-22)15-7-3-2-4-8-15)20(24)18-13-16-9-5-6-10-17(16)21-18/h2-10,13,19,21H,11-12,14H2,1H3. The minimum atomic E-state index is 0.0770. The van der Waals surface area contributed by atoms with Gasteiger partial charge in [-0.05, 0) is 24.7 Å². The summed E-state index contributed by atoms with van der Waals surface area (Å²) in [5.41, 5.74) is 2.86. The van der Waals surface area contributed by atoms with E-state index in [0.717, 1.165) is 30.5 Å². The number of carbonyl (C=O) groups is 1. The largest absolute Gasteiger partial charge is 0.351 e. The molecule has 0 spiro atoms. The van der Waals surface area contributed by atoms with Crippen LogP contribution in [0.25, 0.3) is 10.9 Å². The second-order valence-electron chi connectivity index (χ2n) is 6.46. The molecule has 122 valence electrons. The van der Waals surface area contributed by atoms with Crippen molar-refractivity contribution in [2.45, 2.75) is 6.04 Å². The summed E-state index contributed by atoms with van der Waals surface area (Å²) in [5, 5.41) is 1.08. The molecule has 4 heteroatoms. The van der Waals surface area contributed by atoms with Gasteiger partial charge in [-0.25, -0.2) is 0 Å². The Morgan fingerprint density at radius 2 is 1.79 bits per heavy atom. The Bertz CT molecular complexity index is 822. The van der Waals surface area contributed by atoms with E-state index in [4.69, 9.17) is 0 Å². The van der Waals surface area contributed by atoms with E-state index in [0.29, 0.717) is 5.69 Å². The molecule has 0 saturated carbocycles. The lowest BCUT2D eigenvalue weighted by Gasteiger charge is -2.40. The third-order valence-corrected chi connectivity index (χ3v) is 4.79. The molecule has 2 aromatic carbocycles. The summed E-state index contributed by atoms with van der Waals surface area (Å²) in [7, 11) is 2.11. The fraction of sp³-hybridized carbons (Fsp3) is 0.250. The third-order valence-electron chi connectivity index (χ3n) is 4.79. The summed E-state index contributed by atoms with van der Waals surface area (Å²) in [6.45, 7) is 2.50. The molecule has 1 atom stereocenters. The smallest absolute Gasteiger partial charge is 0.270 e. The van der Waals surface area contributed by atoms with Crippen LogP contribution in [0.3, 0.4) is 0 Å². The average molecular weight is 319 g/mol. The average Bonchev–Trinajstić information content (AvgIpc) is 3.06. The minimum Gasteiger partial charge on any atom is -0.351 e. The van der Waals surface area contributed by atoms with E-state index in [1.54, 1.807) is 0 Å². The Hall–Kier alpha value is -2.59. The SMILES string of the molecule is CN1CCN(C(=O)c2cc3ccccc3[nH]2)C(c2ccccc2)C1. The topological polar surface area (TPSA) is 39.3 Å². The zero-order valence-electron chi connectivity index (χ0n) is 13.8. The van der Waals surface area contributed by atoms with E-state index in [2.05, 4.69) is 29.1 Å². The van der Waals surface area contributed by atoms with Crippen molar-refractivity contribution < 1.29 is 4.79 Å². The van der Waals surface area contributed by atoms with Gasteiger partial charge in [0.1, 0.15) is 5.69 Å². The number of likely N-dealkylation sites (N-methyl/N-ethyl adjacent to an activating group) is 1. The Morgan fingerprint density at radius 3 is 2.58 bits per heavy atom. The maximum Gasteiger partial charge on any atom is 0.270 e. The van der Waals surface area contributed by atoms with Gasteiger partial charge in [0.2, 0.25) is 0 Å². The summed E-state index contributed by atoms with van der Waals surface area (Å²) in [5.74, 6) is 0.0770. The fourth-order valence-electron chi connectivity index (χ4n) is 3.47. The number of nitrogens with one attached hydrogen (secondary N) is 1. The molecule has 1 N–H and O–H groups in total. The highest BCUT2D eigenvalue weighted by Gasteiger charge is 2.31. The molecule has 4 rings (SSSR count). The Balaban J connectivity index is 1.68. The van der Waals surface area contributed by atoms with Gasteiger partial charge in [-0.1, -0.05) is 48.5 Å². The highest BCUT2D eigenvalue weighted by molar-refractivity contribution is 5.98. The summed E-state index contributed by atoms with van der Waals surface area (Å²) < 4.78 is 0. The molecule has 0 bridgehead atoms. The van der Waals surface area contributed by atoms with Crippen LogP contribution in [0.2, 0.25) is 0 Å². The number of aromatic nitrogens is 1. The van der Waals surface area contributed by atoms with Crippen molar-refractivity contribution in [3.63, 3.8) is 0 Å². The van der Waals surface area contributed by atoms with E-state index >= 15 is 0 Å². The molecule has 1 unspecified atom stereocenters. The first-order valence-electron chi connectivity index (χ1n) is 8.34. The van der Waals surface area contributed by atoms with Crippen LogP contribution in [0.15, 0.2) is 60.7 Å². The number of benzene rings is 2. The number of amides is 1. The second-order valence-corrected chi connectivity index (χ2v) is 6.46. The first-order chi connectivity index (χ1) is 11.7. The van der Waals surface area contributed by atoms with Gasteiger partial charge >= 0.3 is 0 Å². The van der Waals surface area contributed by atoms with Gasteiger partial charge < -0.3 is 14.8 Å². The lowest BCUT2D eigenvalue weighted by molar-refractivity contribution is 0.0493. The predicted molar refractivity (Wildman–Crippen MR) is 96.0 cm³/mol. The van der Waals surface area contributed by atoms with Gasteiger partial charge in [0.25, 0.3) is 5.91 Å². The third kappa shape index (κ3) is 2.69. The summed E-state index contributed by atoms with van der Waals surface area (Å²) in [4.78, 5) is 20.7. The van der Waals surface area contributed by atoms with Crippen LogP contribution in [0.1, 0.15) is 22.1 Å². The number of fused-ring (bicyclic) bond motifs is 1. The molecule has 4 nitrogen and oxygen atoms in total. The van der Waals surface area contributed by atoms with E-state index in [1.807, 2.05) is 53.4 Å². The van der Waals surface area contributed by atoms with Crippen molar-refractivity contribution in [3.8, 4) is 0 Å². The number of piperazine rings is 1. The Morgan fingerprint density at radius 1 is 1.04 bits per heavy atom. The van der Waals surface area contributed by atoms with E-state index in [-0.39, 0.29) is 11.9 Å². The highest BCUT2D eigenvalue weighted by atomic mass is 16.2. The molecule has 1 aliphatic rings. The molecule has 0 radical (unpaired) electrons. The summed E-state index contributed by atoms with van der Waals surface area (Å²) >= 11 is 0. The van der Waals surface area contributed by atoms with Crippen LogP contribution in [0, 0.1) is 0 Å². The van der Waals surface area contributed by atoms with Crippen LogP contribution in [-0.2, 0) is 0 Å². The number of hydrogen-bond donors (Lipinski definition) is 1. The molecule has 1 aromatic heterocycles. The number of carbonyl (C=O) groups excluding carboxylic acids is 1. The van der Waals surface area contributed by atoms with Crippen molar-refractivity contribution in [1.29, 1.82) is 0 Å². The first-order valence-corrected chi connectivity index (χ1v) is 8.34. The van der Waals surface area contributed by atoms with Crippen LogP contribution >= 0.6 is 0 Å². The van der Waals surface area contributed by atoms with Gasteiger partial charge in [0, 0.05) is 30.5 Å². The van der Waals surface area contributed by atoms with E-state index in [9.17, 15) is 4.79 Å². The number of para-hydroxylation sites is 1. The summed E-state index contributed by atoms with van der Waals surface area (Å²) in [6, 6.07) is 20.4. The maximum absolute atomic E-state index is 13.1. The zero-order chi connectivity index (χ0) is 16.5. The van der Waals surface area contributed by atoms with Crippen molar-refractivity contribution >= 4 is 16.8 Å². The molecule has 24 heavy (non-hydrogen) atoms. The molecular formula is C20H21N3O. The zero-order valence-corrected chi connectivity index (χ0v) is 13.8. The van der Waals surface area contributed by atoms with Crippen molar-refractivity contribution in [2.24, 2.45) is 0 Å². The number of aromatic amines is 1. The minimum absolute atomic E-state index is 0.0770. The molecule has 1 fully saturated rings. The molecule has 0 aliphatic carbocycles. The Kier molecular flexibility index (Phi) is 3.82. The second kappa shape index (κ2) is 6.13. The maximum atomic E-state index is 13.1. The fourth-order valence-corrected chi connectivity index (χ4v) is 3.47. The molecular weight excluding hydrogens is 298 g/mol. The molecule has 1 saturated heterocycles. The van der Waals surface area contributed by atoms with Gasteiger partial charge in [-0.15, -0.1) is 0 Å². The van der Waals surface area contributed by atoms with Gasteiger partial charge in [0.05, 0.1) is 6.04 Å². The lowest BCUT2D eigenvalue weighted by atomic mass is 10.0. The quantitative estimate of drug-likeness (QED) is 0.787. The molecule has 1 amide bonds. The van der Waals surface area contributed by atoms with Crippen LogP contribution < -0.4 is 0 Å². The molecule has 1 aliphatic heterocycles. The lowest BCUT2D eigenvalue weighted by Crippen LogP contribution is -2.49. The molecule has 3 aromatic rings. The van der Waals surface area contributed by atoms with Crippen molar-refractivity contribution in [1.82, 2.24) is 14.8 Å². The van der Waals surface area contributed by atoms with Crippen LogP contribution in [0.4, 0.5) is 0 Å². The van der Waals surface area contributed by atoms with E-state index < -0.39 is 0 Å². The van der Waals surface area contributed by atoms with Gasteiger partial charge in [-0.3, -0.25) is 4.79 Å². The number of H-pyrrole nitrogens is 1.